The number of carboxylic acid groups (broad SMARTS) is 1. The molecule has 1 aliphatic heterocycles. The molecule has 0 bridgehead atoms. The van der Waals surface area contributed by atoms with Crippen LogP contribution in [-0.2, 0) is 14.3 Å². The first kappa shape index (κ1) is 21.7. The Morgan fingerprint density at radius 2 is 1.52 bits per heavy atom. The molecule has 1 heterocycles. The molecule has 1 rings (SSSR count). The van der Waals surface area contributed by atoms with Crippen LogP contribution in [0.5, 0.6) is 0 Å². The fourth-order valence-electron chi connectivity index (χ4n) is 3.24. The van der Waals surface area contributed by atoms with Gasteiger partial charge < -0.3 is 9.84 Å². The van der Waals surface area contributed by atoms with E-state index in [1.807, 2.05) is 6.08 Å². The van der Waals surface area contributed by atoms with Gasteiger partial charge >= 0.3 is 11.9 Å². The summed E-state index contributed by atoms with van der Waals surface area (Å²) >= 11 is 0. The van der Waals surface area contributed by atoms with E-state index in [0.717, 1.165) is 38.5 Å². The Morgan fingerprint density at radius 1 is 1.00 bits per heavy atom. The van der Waals surface area contributed by atoms with E-state index >= 15 is 0 Å². The zero-order valence-corrected chi connectivity index (χ0v) is 16.5. The molecule has 144 valence electrons. The molecule has 1 aliphatic rings. The van der Waals surface area contributed by atoms with E-state index in [-0.39, 0.29) is 29.6 Å². The first-order valence-electron chi connectivity index (χ1n) is 9.42. The number of hydrogen-bond acceptors (Lipinski definition) is 4. The van der Waals surface area contributed by atoms with Crippen molar-refractivity contribution in [2.24, 2.45) is 0 Å². The number of hydrogen-bond donors (Lipinski definition) is 1. The van der Waals surface area contributed by atoms with Crippen molar-refractivity contribution in [3.05, 3.63) is 12.2 Å². The summed E-state index contributed by atoms with van der Waals surface area (Å²) in [5.74, 6) is -0.863. The van der Waals surface area contributed by atoms with Crippen LogP contribution in [0.4, 0.5) is 0 Å². The third-order valence-corrected chi connectivity index (χ3v) is 5.38. The van der Waals surface area contributed by atoms with Gasteiger partial charge in [-0.2, -0.15) is 0 Å². The summed E-state index contributed by atoms with van der Waals surface area (Å²) in [6.45, 7) is 8.51. The Labute approximate surface area is 152 Å². The largest absolute Gasteiger partial charge is 0.481 e. The van der Waals surface area contributed by atoms with Gasteiger partial charge in [0.05, 0.1) is 5.54 Å². The van der Waals surface area contributed by atoms with Crippen molar-refractivity contribution in [3.8, 4) is 0 Å². The summed E-state index contributed by atoms with van der Waals surface area (Å²) in [6.07, 6.45) is 10.2. The maximum absolute atomic E-state index is 12.1. The quantitative estimate of drug-likeness (QED) is 0.363. The fourth-order valence-corrected chi connectivity index (χ4v) is 3.24. The molecule has 0 fully saturated rings. The molecule has 1 unspecified atom stereocenters. The van der Waals surface area contributed by atoms with Gasteiger partial charge in [-0.25, -0.2) is 0 Å². The number of esters is 1. The standard InChI is InChI=1S/C20H35NO4/c1-19(2)15-14-16(20(3,4)21(19)5)25-18(24)13-11-9-7-6-8-10-12-17(22)23/h14-16H,6-13H2,1-5H3,(H,22,23). The summed E-state index contributed by atoms with van der Waals surface area (Å²) < 4.78 is 5.71. The van der Waals surface area contributed by atoms with Gasteiger partial charge in [0, 0.05) is 18.4 Å². The lowest BCUT2D eigenvalue weighted by molar-refractivity contribution is -0.155. The van der Waals surface area contributed by atoms with Crippen molar-refractivity contribution in [2.75, 3.05) is 7.05 Å². The van der Waals surface area contributed by atoms with Crippen molar-refractivity contribution < 1.29 is 19.4 Å². The van der Waals surface area contributed by atoms with Gasteiger partial charge in [-0.3, -0.25) is 14.5 Å². The molecule has 1 atom stereocenters. The minimum atomic E-state index is -0.725. The van der Waals surface area contributed by atoms with Gasteiger partial charge in [-0.15, -0.1) is 0 Å². The number of nitrogens with zero attached hydrogens (tertiary/aromatic N) is 1. The predicted octanol–water partition coefficient (Wildman–Crippen LogP) is 4.16. The molecule has 25 heavy (non-hydrogen) atoms. The third-order valence-electron chi connectivity index (χ3n) is 5.38. The van der Waals surface area contributed by atoms with Gasteiger partial charge in [-0.05, 0) is 53.7 Å². The highest BCUT2D eigenvalue weighted by Gasteiger charge is 2.43. The maximum atomic E-state index is 12.1. The van der Waals surface area contributed by atoms with Crippen molar-refractivity contribution in [1.29, 1.82) is 0 Å². The number of carbonyl (C=O) groups is 2. The molecule has 0 radical (unpaired) electrons. The van der Waals surface area contributed by atoms with E-state index in [4.69, 9.17) is 9.84 Å². The lowest BCUT2D eigenvalue weighted by Gasteiger charge is -2.50. The number of carboxylic acids is 1. The average Bonchev–Trinajstić information content (AvgIpc) is 2.51. The van der Waals surface area contributed by atoms with Crippen LogP contribution >= 0.6 is 0 Å². The summed E-state index contributed by atoms with van der Waals surface area (Å²) in [6, 6.07) is 0. The van der Waals surface area contributed by atoms with Crippen LogP contribution in [0.15, 0.2) is 12.2 Å². The molecular formula is C20H35NO4. The van der Waals surface area contributed by atoms with Crippen molar-refractivity contribution in [3.63, 3.8) is 0 Å². The van der Waals surface area contributed by atoms with Crippen LogP contribution in [-0.4, -0.2) is 46.2 Å². The Kier molecular flexibility index (Phi) is 8.13. The highest BCUT2D eigenvalue weighted by atomic mass is 16.5. The Balaban J connectivity index is 2.25. The summed E-state index contributed by atoms with van der Waals surface area (Å²) in [5.41, 5.74) is -0.287. The average molecular weight is 354 g/mol. The smallest absolute Gasteiger partial charge is 0.306 e. The van der Waals surface area contributed by atoms with Crippen LogP contribution in [0.3, 0.4) is 0 Å². The Bertz CT molecular complexity index is 482. The summed E-state index contributed by atoms with van der Waals surface area (Å²) in [7, 11) is 2.06. The summed E-state index contributed by atoms with van der Waals surface area (Å²) in [4.78, 5) is 24.8. The molecular weight excluding hydrogens is 318 g/mol. The monoisotopic (exact) mass is 353 g/mol. The second-order valence-electron chi connectivity index (χ2n) is 8.15. The van der Waals surface area contributed by atoms with Gasteiger partial charge in [0.25, 0.3) is 0 Å². The molecule has 0 aromatic rings. The highest BCUT2D eigenvalue weighted by Crippen LogP contribution is 2.34. The normalized spacial score (nSPS) is 21.9. The molecule has 1 N–H and O–H groups in total. The SMILES string of the molecule is CN1C(C)(C)C=CC(OC(=O)CCCCCCCCC(=O)O)C1(C)C. The van der Waals surface area contributed by atoms with Crippen molar-refractivity contribution in [2.45, 2.75) is 96.2 Å². The molecule has 0 aliphatic carbocycles. The number of rotatable bonds is 10. The number of aliphatic carboxylic acids is 1. The van der Waals surface area contributed by atoms with Crippen LogP contribution in [0.1, 0.15) is 79.1 Å². The highest BCUT2D eigenvalue weighted by molar-refractivity contribution is 5.69. The van der Waals surface area contributed by atoms with E-state index in [0.29, 0.717) is 6.42 Å². The molecule has 0 saturated carbocycles. The minimum Gasteiger partial charge on any atom is -0.481 e. The van der Waals surface area contributed by atoms with Gasteiger partial charge in [0.2, 0.25) is 0 Å². The molecule has 5 nitrogen and oxygen atoms in total. The predicted molar refractivity (Wildman–Crippen MR) is 99.5 cm³/mol. The van der Waals surface area contributed by atoms with E-state index in [1.165, 1.54) is 0 Å². The Morgan fingerprint density at radius 3 is 2.08 bits per heavy atom. The maximum Gasteiger partial charge on any atom is 0.306 e. The number of carbonyl (C=O) groups excluding carboxylic acids is 1. The molecule has 0 aromatic heterocycles. The van der Waals surface area contributed by atoms with Gasteiger partial charge in [0.15, 0.2) is 0 Å². The minimum absolute atomic E-state index is 0.0486. The van der Waals surface area contributed by atoms with Crippen LogP contribution < -0.4 is 0 Å². The van der Waals surface area contributed by atoms with E-state index < -0.39 is 5.97 Å². The third kappa shape index (κ3) is 6.81. The topological polar surface area (TPSA) is 66.8 Å². The zero-order valence-electron chi connectivity index (χ0n) is 16.5. The molecule has 0 aromatic carbocycles. The van der Waals surface area contributed by atoms with Gasteiger partial charge in [0.1, 0.15) is 6.10 Å². The van der Waals surface area contributed by atoms with Crippen LogP contribution in [0.25, 0.3) is 0 Å². The van der Waals surface area contributed by atoms with Crippen LogP contribution in [0, 0.1) is 0 Å². The van der Waals surface area contributed by atoms with Crippen LogP contribution in [0.2, 0.25) is 0 Å². The number of likely N-dealkylation sites (N-methyl/N-ethyl adjacent to an activating group) is 1. The van der Waals surface area contributed by atoms with E-state index in [2.05, 4.69) is 45.7 Å². The van der Waals surface area contributed by atoms with Crippen molar-refractivity contribution >= 4 is 11.9 Å². The van der Waals surface area contributed by atoms with E-state index in [9.17, 15) is 9.59 Å². The lowest BCUT2D eigenvalue weighted by atomic mass is 9.83. The molecule has 0 spiro atoms. The number of ether oxygens (including phenoxy) is 1. The second-order valence-corrected chi connectivity index (χ2v) is 8.15. The van der Waals surface area contributed by atoms with Gasteiger partial charge in [-0.1, -0.05) is 31.8 Å². The molecule has 5 heteroatoms. The van der Waals surface area contributed by atoms with E-state index in [1.54, 1.807) is 0 Å². The first-order chi connectivity index (χ1) is 11.6. The Hall–Kier alpha value is -1.36. The molecule has 0 saturated heterocycles. The summed E-state index contributed by atoms with van der Waals surface area (Å²) in [5, 5.41) is 8.57. The van der Waals surface area contributed by atoms with Crippen molar-refractivity contribution in [1.82, 2.24) is 4.90 Å². The molecule has 0 amide bonds. The second kappa shape index (κ2) is 9.37. The fraction of sp³-hybridized carbons (Fsp3) is 0.800. The lowest BCUT2D eigenvalue weighted by Crippen LogP contribution is -2.61. The number of unbranched alkanes of at least 4 members (excludes halogenated alkanes) is 5. The first-order valence-corrected chi connectivity index (χ1v) is 9.42. The zero-order chi connectivity index (χ0) is 19.1.